The standard InChI is InChI=1S/C23H29N5O5/c1-6-15-18(21(30)31)27-28-14-10-11-24-17(12-14)16(25-22(32)33-23(3,4)5)9-7-8-13(2)20(29)26-19(15)28/h7-8,10-13,16H,6,9H2,1-5H3,(H,25,32)(H,26,29)(H,30,31)/t13?,16-/m0/s1. The Labute approximate surface area is 192 Å². The van der Waals surface area contributed by atoms with Crippen LogP contribution in [0.4, 0.5) is 10.6 Å². The number of ether oxygens (including phenoxy) is 1. The van der Waals surface area contributed by atoms with E-state index in [1.807, 2.05) is 6.08 Å². The molecule has 33 heavy (non-hydrogen) atoms. The summed E-state index contributed by atoms with van der Waals surface area (Å²) in [5, 5.41) is 19.6. The van der Waals surface area contributed by atoms with Gasteiger partial charge in [-0.2, -0.15) is 5.10 Å². The van der Waals surface area contributed by atoms with Crippen molar-refractivity contribution in [3.63, 3.8) is 0 Å². The van der Waals surface area contributed by atoms with Crippen LogP contribution in [-0.4, -0.2) is 43.4 Å². The zero-order valence-corrected chi connectivity index (χ0v) is 19.4. The lowest BCUT2D eigenvalue weighted by Gasteiger charge is -2.23. The molecule has 176 valence electrons. The zero-order chi connectivity index (χ0) is 24.3. The lowest BCUT2D eigenvalue weighted by atomic mass is 10.0. The Morgan fingerprint density at radius 3 is 2.73 bits per heavy atom. The summed E-state index contributed by atoms with van der Waals surface area (Å²) in [6.07, 6.45) is 5.23. The van der Waals surface area contributed by atoms with Gasteiger partial charge >= 0.3 is 12.1 Å². The summed E-state index contributed by atoms with van der Waals surface area (Å²) in [7, 11) is 0. The fourth-order valence-electron chi connectivity index (χ4n) is 3.47. The second-order valence-electron chi connectivity index (χ2n) is 8.83. The van der Waals surface area contributed by atoms with Crippen LogP contribution in [0.25, 0.3) is 5.69 Å². The quantitative estimate of drug-likeness (QED) is 0.601. The summed E-state index contributed by atoms with van der Waals surface area (Å²) < 4.78 is 6.79. The van der Waals surface area contributed by atoms with Crippen LogP contribution < -0.4 is 10.6 Å². The van der Waals surface area contributed by atoms with Gasteiger partial charge in [0.1, 0.15) is 11.4 Å². The maximum atomic E-state index is 12.8. The number of alkyl carbamates (subject to hydrolysis) is 1. The summed E-state index contributed by atoms with van der Waals surface area (Å²) in [4.78, 5) is 41.5. The second-order valence-corrected chi connectivity index (χ2v) is 8.83. The third-order valence-electron chi connectivity index (χ3n) is 5.05. The van der Waals surface area contributed by atoms with Gasteiger partial charge in [-0.1, -0.05) is 26.0 Å². The highest BCUT2D eigenvalue weighted by Gasteiger charge is 2.26. The number of hydrogen-bond donors (Lipinski definition) is 3. The first-order valence-corrected chi connectivity index (χ1v) is 10.8. The minimum atomic E-state index is -1.18. The van der Waals surface area contributed by atoms with Crippen LogP contribution in [0.15, 0.2) is 30.5 Å². The number of nitrogens with one attached hydrogen (secondary N) is 2. The monoisotopic (exact) mass is 455 g/mol. The molecule has 0 aliphatic carbocycles. The van der Waals surface area contributed by atoms with Gasteiger partial charge in [-0.25, -0.2) is 14.3 Å². The normalized spacial score (nSPS) is 18.4. The molecule has 0 radical (unpaired) electrons. The van der Waals surface area contributed by atoms with Gasteiger partial charge in [-0.05, 0) is 45.7 Å². The number of anilines is 1. The van der Waals surface area contributed by atoms with Crippen molar-refractivity contribution in [1.82, 2.24) is 20.1 Å². The number of carbonyl (C=O) groups excluding carboxylic acids is 2. The van der Waals surface area contributed by atoms with Crippen molar-refractivity contribution in [3.8, 4) is 5.69 Å². The molecule has 2 bridgehead atoms. The second kappa shape index (κ2) is 9.43. The van der Waals surface area contributed by atoms with Gasteiger partial charge in [0.25, 0.3) is 0 Å². The average molecular weight is 456 g/mol. The number of rotatable bonds is 3. The third kappa shape index (κ3) is 5.57. The summed E-state index contributed by atoms with van der Waals surface area (Å²) in [5.41, 5.74) is 0.671. The van der Waals surface area contributed by atoms with E-state index in [2.05, 4.69) is 20.7 Å². The molecule has 1 unspecified atom stereocenters. The fourth-order valence-corrected chi connectivity index (χ4v) is 3.47. The summed E-state index contributed by atoms with van der Waals surface area (Å²) in [6.45, 7) is 8.86. The molecule has 2 aromatic heterocycles. The van der Waals surface area contributed by atoms with Gasteiger partial charge in [-0.3, -0.25) is 9.78 Å². The minimum absolute atomic E-state index is 0.132. The number of carboxylic acids is 1. The molecule has 3 N–H and O–H groups in total. The topological polar surface area (TPSA) is 135 Å². The average Bonchev–Trinajstić information content (AvgIpc) is 3.09. The molecule has 3 rings (SSSR count). The van der Waals surface area contributed by atoms with E-state index in [0.29, 0.717) is 35.6 Å². The van der Waals surface area contributed by atoms with Crippen LogP contribution in [0, 0.1) is 5.92 Å². The first kappa shape index (κ1) is 24.0. The number of aromatic carboxylic acids is 1. The molecule has 10 nitrogen and oxygen atoms in total. The van der Waals surface area contributed by atoms with Crippen LogP contribution in [0.2, 0.25) is 0 Å². The van der Waals surface area contributed by atoms with Crippen LogP contribution in [0.5, 0.6) is 0 Å². The van der Waals surface area contributed by atoms with Gasteiger partial charge in [0, 0.05) is 11.8 Å². The number of pyridine rings is 1. The highest BCUT2D eigenvalue weighted by molar-refractivity contribution is 5.96. The molecule has 0 aromatic carbocycles. The number of aromatic nitrogens is 3. The molecule has 3 heterocycles. The Balaban J connectivity index is 2.13. The van der Waals surface area contributed by atoms with Crippen molar-refractivity contribution in [3.05, 3.63) is 47.4 Å². The molecular weight excluding hydrogens is 426 g/mol. The van der Waals surface area contributed by atoms with E-state index >= 15 is 0 Å². The number of carbonyl (C=O) groups is 3. The first-order chi connectivity index (χ1) is 15.5. The molecule has 2 aromatic rings. The van der Waals surface area contributed by atoms with E-state index in [4.69, 9.17) is 4.74 Å². The van der Waals surface area contributed by atoms with Crippen LogP contribution in [0.3, 0.4) is 0 Å². The van der Waals surface area contributed by atoms with Crippen molar-refractivity contribution in [2.24, 2.45) is 5.92 Å². The Bertz CT molecular complexity index is 1100. The molecule has 0 saturated heterocycles. The number of hydrogen-bond acceptors (Lipinski definition) is 6. The Morgan fingerprint density at radius 2 is 2.09 bits per heavy atom. The van der Waals surface area contributed by atoms with Gasteiger partial charge in [0.2, 0.25) is 5.91 Å². The predicted molar refractivity (Wildman–Crippen MR) is 121 cm³/mol. The third-order valence-corrected chi connectivity index (χ3v) is 5.05. The molecule has 1 aliphatic rings. The van der Waals surface area contributed by atoms with E-state index in [0.717, 1.165) is 0 Å². The predicted octanol–water partition coefficient (Wildman–Crippen LogP) is 3.63. The molecule has 2 atom stereocenters. The Morgan fingerprint density at radius 1 is 1.36 bits per heavy atom. The lowest BCUT2D eigenvalue weighted by Crippen LogP contribution is -2.35. The summed E-state index contributed by atoms with van der Waals surface area (Å²) in [6, 6.07) is 2.83. The highest BCUT2D eigenvalue weighted by atomic mass is 16.6. The van der Waals surface area contributed by atoms with Crippen LogP contribution in [0.1, 0.15) is 68.8 Å². The fraction of sp³-hybridized carbons (Fsp3) is 0.435. The van der Waals surface area contributed by atoms with Crippen LogP contribution >= 0.6 is 0 Å². The minimum Gasteiger partial charge on any atom is -0.476 e. The smallest absolute Gasteiger partial charge is 0.408 e. The summed E-state index contributed by atoms with van der Waals surface area (Å²) in [5.74, 6) is -1.68. The number of amides is 2. The van der Waals surface area contributed by atoms with Crippen molar-refractivity contribution < 1.29 is 24.2 Å². The zero-order valence-electron chi connectivity index (χ0n) is 19.4. The Hall–Kier alpha value is -3.69. The Kier molecular flexibility index (Phi) is 6.85. The van der Waals surface area contributed by atoms with Gasteiger partial charge in [-0.15, -0.1) is 0 Å². The first-order valence-electron chi connectivity index (χ1n) is 10.8. The molecule has 2 amide bonds. The largest absolute Gasteiger partial charge is 0.476 e. The van der Waals surface area contributed by atoms with E-state index in [1.165, 1.54) is 4.68 Å². The summed E-state index contributed by atoms with van der Waals surface area (Å²) >= 11 is 0. The van der Waals surface area contributed by atoms with E-state index in [-0.39, 0.29) is 11.6 Å². The van der Waals surface area contributed by atoms with Gasteiger partial charge in [0.05, 0.1) is 23.3 Å². The molecular formula is C23H29N5O5. The number of carboxylic acid groups (broad SMARTS) is 1. The molecule has 0 fully saturated rings. The van der Waals surface area contributed by atoms with E-state index in [9.17, 15) is 19.5 Å². The lowest BCUT2D eigenvalue weighted by molar-refractivity contribution is -0.118. The number of fused-ring (bicyclic) bond motifs is 4. The van der Waals surface area contributed by atoms with Crippen molar-refractivity contribution in [1.29, 1.82) is 0 Å². The van der Waals surface area contributed by atoms with E-state index in [1.54, 1.807) is 59.0 Å². The molecule has 0 saturated carbocycles. The molecule has 10 heteroatoms. The van der Waals surface area contributed by atoms with Gasteiger partial charge in [0.15, 0.2) is 5.69 Å². The molecule has 1 aliphatic heterocycles. The van der Waals surface area contributed by atoms with Crippen molar-refractivity contribution in [2.75, 3.05) is 5.32 Å². The molecule has 0 spiro atoms. The SMILES string of the molecule is CCc1c(C(=O)O)nn2c1NC(=O)C(C)C=CC[C@H](NC(=O)OC(C)(C)C)c1cc-2ccn1. The van der Waals surface area contributed by atoms with Crippen molar-refractivity contribution in [2.45, 2.75) is 59.1 Å². The maximum Gasteiger partial charge on any atom is 0.408 e. The van der Waals surface area contributed by atoms with E-state index < -0.39 is 29.6 Å². The van der Waals surface area contributed by atoms with Gasteiger partial charge < -0.3 is 20.5 Å². The maximum absolute atomic E-state index is 12.8. The van der Waals surface area contributed by atoms with Crippen LogP contribution in [-0.2, 0) is 16.0 Å². The van der Waals surface area contributed by atoms with Crippen molar-refractivity contribution >= 4 is 23.8 Å². The number of nitrogens with zero attached hydrogens (tertiary/aromatic N) is 3. The highest BCUT2D eigenvalue weighted by Crippen LogP contribution is 2.28.